The molecule has 1 aliphatic carbocycles. The Morgan fingerprint density at radius 2 is 2.06 bits per heavy atom. The number of carbonyl (C=O) groups is 1. The van der Waals surface area contributed by atoms with Crippen LogP contribution in [0.25, 0.3) is 11.4 Å². The number of aliphatic hydroxyl groups excluding tert-OH is 1. The molecule has 4 rings (SSSR count). The number of hydrogen-bond donors (Lipinski definition) is 3. The second-order valence-electron chi connectivity index (χ2n) is 8.21. The van der Waals surface area contributed by atoms with Gasteiger partial charge in [0.1, 0.15) is 11.6 Å². The zero-order valence-electron chi connectivity index (χ0n) is 18.2. The quantitative estimate of drug-likeness (QED) is 0.457. The first-order valence-electron chi connectivity index (χ1n) is 10.9. The highest BCUT2D eigenvalue weighted by molar-refractivity contribution is 6.30. The van der Waals surface area contributed by atoms with Crippen molar-refractivity contribution in [3.8, 4) is 11.4 Å². The molecular weight excluding hydrogens is 445 g/mol. The Labute approximate surface area is 196 Å². The molecule has 0 saturated heterocycles. The summed E-state index contributed by atoms with van der Waals surface area (Å²) in [5.41, 5.74) is 1.94. The minimum atomic E-state index is -0.673. The van der Waals surface area contributed by atoms with Crippen LogP contribution in [0.3, 0.4) is 0 Å². The van der Waals surface area contributed by atoms with E-state index in [0.717, 1.165) is 31.2 Å². The number of halogens is 2. The Morgan fingerprint density at radius 1 is 1.27 bits per heavy atom. The zero-order chi connectivity index (χ0) is 23.4. The van der Waals surface area contributed by atoms with Crippen molar-refractivity contribution in [3.05, 3.63) is 64.8 Å². The molecule has 1 atom stereocenters. The zero-order valence-corrected chi connectivity index (χ0v) is 18.9. The molecule has 3 aromatic rings. The second kappa shape index (κ2) is 10.2. The average molecular weight is 470 g/mol. The van der Waals surface area contributed by atoms with Crippen LogP contribution >= 0.6 is 11.6 Å². The summed E-state index contributed by atoms with van der Waals surface area (Å²) in [7, 11) is 0. The molecule has 0 bridgehead atoms. The first kappa shape index (κ1) is 23.1. The van der Waals surface area contributed by atoms with E-state index in [4.69, 9.17) is 11.6 Å². The Bertz CT molecular complexity index is 1150. The average Bonchev–Trinajstić information content (AvgIpc) is 3.34. The number of nitrogens with zero attached hydrogens (tertiary/aromatic N) is 3. The molecule has 1 unspecified atom stereocenters. The number of anilines is 2. The maximum Gasteiger partial charge on any atom is 0.255 e. The van der Waals surface area contributed by atoms with E-state index in [-0.39, 0.29) is 29.8 Å². The van der Waals surface area contributed by atoms with E-state index in [1.165, 1.54) is 24.4 Å². The van der Waals surface area contributed by atoms with Crippen molar-refractivity contribution in [2.75, 3.05) is 11.9 Å². The van der Waals surface area contributed by atoms with Crippen molar-refractivity contribution in [1.82, 2.24) is 20.3 Å². The van der Waals surface area contributed by atoms with Crippen LogP contribution in [0.15, 0.2) is 42.9 Å². The number of pyridine rings is 1. The van der Waals surface area contributed by atoms with Crippen LogP contribution in [0.5, 0.6) is 0 Å². The summed E-state index contributed by atoms with van der Waals surface area (Å²) in [5.74, 6) is 0.153. The molecule has 1 aliphatic rings. The largest absolute Gasteiger partial charge is 0.392 e. The van der Waals surface area contributed by atoms with E-state index in [1.807, 2.05) is 0 Å². The maximum atomic E-state index is 14.5. The predicted molar refractivity (Wildman–Crippen MR) is 125 cm³/mol. The third kappa shape index (κ3) is 5.46. The van der Waals surface area contributed by atoms with Crippen LogP contribution in [0.1, 0.15) is 54.4 Å². The molecule has 2 aromatic heterocycles. The topological polar surface area (TPSA) is 100 Å². The van der Waals surface area contributed by atoms with Crippen LogP contribution in [0, 0.1) is 5.82 Å². The molecule has 0 aliphatic heterocycles. The van der Waals surface area contributed by atoms with Gasteiger partial charge >= 0.3 is 0 Å². The van der Waals surface area contributed by atoms with Gasteiger partial charge in [0, 0.05) is 35.7 Å². The molecule has 7 nitrogen and oxygen atoms in total. The summed E-state index contributed by atoms with van der Waals surface area (Å²) in [6, 6.07) is 5.93. The first-order chi connectivity index (χ1) is 15.9. The van der Waals surface area contributed by atoms with Gasteiger partial charge in [-0.15, -0.1) is 0 Å². The molecule has 0 radical (unpaired) electrons. The Hall–Kier alpha value is -3.10. The fraction of sp³-hybridized carbons (Fsp3) is 0.333. The van der Waals surface area contributed by atoms with E-state index in [9.17, 15) is 14.3 Å². The Balaban J connectivity index is 1.73. The monoisotopic (exact) mass is 469 g/mol. The van der Waals surface area contributed by atoms with Crippen LogP contribution in [-0.2, 0) is 0 Å². The molecule has 1 amide bonds. The highest BCUT2D eigenvalue weighted by Crippen LogP contribution is 2.38. The third-order valence-corrected chi connectivity index (χ3v) is 5.89. The molecule has 1 aromatic carbocycles. The number of nitrogens with one attached hydrogen (secondary N) is 2. The highest BCUT2D eigenvalue weighted by Gasteiger charge is 2.24. The van der Waals surface area contributed by atoms with Crippen molar-refractivity contribution < 1.29 is 14.3 Å². The number of rotatable bonds is 7. The van der Waals surface area contributed by atoms with E-state index in [0.29, 0.717) is 22.1 Å². The predicted octanol–water partition coefficient (Wildman–Crippen LogP) is 4.84. The number of aromatic nitrogens is 3. The molecule has 2 heterocycles. The summed E-state index contributed by atoms with van der Waals surface area (Å²) in [4.78, 5) is 25.8. The normalized spacial score (nSPS) is 14.8. The van der Waals surface area contributed by atoms with Crippen LogP contribution in [0.4, 0.5) is 15.9 Å². The minimum Gasteiger partial charge on any atom is -0.392 e. The fourth-order valence-corrected chi connectivity index (χ4v) is 4.15. The van der Waals surface area contributed by atoms with Crippen molar-refractivity contribution >= 4 is 29.0 Å². The van der Waals surface area contributed by atoms with Gasteiger partial charge < -0.3 is 15.7 Å². The summed E-state index contributed by atoms with van der Waals surface area (Å²) >= 11 is 6.07. The van der Waals surface area contributed by atoms with Crippen molar-refractivity contribution in [3.63, 3.8) is 0 Å². The maximum absolute atomic E-state index is 14.5. The first-order valence-corrected chi connectivity index (χ1v) is 11.3. The standard InChI is InChI=1S/C24H25ClFN5O2/c1-14(32)11-29-24(33)19-12-27-9-8-21(19)30-23-18(15-4-2-3-5-15)13-28-22(31-23)17-10-16(25)6-7-20(17)26/h6-10,12-15,32H,2-5,11H2,1H3,(H,29,33)(H,27,28,30,31). The number of aliphatic hydroxyl groups is 1. The molecule has 172 valence electrons. The van der Waals surface area contributed by atoms with Gasteiger partial charge in [0.2, 0.25) is 0 Å². The summed E-state index contributed by atoms with van der Waals surface area (Å²) < 4.78 is 14.5. The minimum absolute atomic E-state index is 0.117. The van der Waals surface area contributed by atoms with Crippen molar-refractivity contribution in [2.45, 2.75) is 44.6 Å². The lowest BCUT2D eigenvalue weighted by molar-refractivity contribution is 0.0924. The fourth-order valence-electron chi connectivity index (χ4n) is 3.97. The number of amides is 1. The molecule has 1 fully saturated rings. The molecule has 9 heteroatoms. The van der Waals surface area contributed by atoms with Crippen LogP contribution in [-0.4, -0.2) is 38.6 Å². The third-order valence-electron chi connectivity index (χ3n) is 5.66. The Kier molecular flexibility index (Phi) is 7.15. The van der Waals surface area contributed by atoms with Gasteiger partial charge in [0.05, 0.1) is 22.9 Å². The highest BCUT2D eigenvalue weighted by atomic mass is 35.5. The van der Waals surface area contributed by atoms with E-state index >= 15 is 0 Å². The SMILES string of the molecule is CC(O)CNC(=O)c1cnccc1Nc1nc(-c2cc(Cl)ccc2F)ncc1C1CCCC1. The van der Waals surface area contributed by atoms with E-state index in [1.54, 1.807) is 25.4 Å². The lowest BCUT2D eigenvalue weighted by Crippen LogP contribution is -2.31. The number of hydrogen-bond acceptors (Lipinski definition) is 6. The molecule has 0 spiro atoms. The van der Waals surface area contributed by atoms with E-state index < -0.39 is 11.9 Å². The van der Waals surface area contributed by atoms with Crippen LogP contribution < -0.4 is 10.6 Å². The lowest BCUT2D eigenvalue weighted by atomic mass is 9.99. The van der Waals surface area contributed by atoms with Gasteiger partial charge in [-0.3, -0.25) is 9.78 Å². The van der Waals surface area contributed by atoms with Crippen molar-refractivity contribution in [2.24, 2.45) is 0 Å². The molecule has 33 heavy (non-hydrogen) atoms. The van der Waals surface area contributed by atoms with Crippen molar-refractivity contribution in [1.29, 1.82) is 0 Å². The number of carbonyl (C=O) groups excluding carboxylic acids is 1. The van der Waals surface area contributed by atoms with Gasteiger partial charge in [0.15, 0.2) is 5.82 Å². The van der Waals surface area contributed by atoms with Gasteiger partial charge in [0.25, 0.3) is 5.91 Å². The Morgan fingerprint density at radius 3 is 2.82 bits per heavy atom. The summed E-state index contributed by atoms with van der Waals surface area (Å²) in [6.45, 7) is 1.71. The molecule has 3 N–H and O–H groups in total. The smallest absolute Gasteiger partial charge is 0.255 e. The van der Waals surface area contributed by atoms with Gasteiger partial charge in [-0.2, -0.15) is 0 Å². The second-order valence-corrected chi connectivity index (χ2v) is 8.64. The summed E-state index contributed by atoms with van der Waals surface area (Å²) in [6.07, 6.45) is 8.36. The van der Waals surface area contributed by atoms with Gasteiger partial charge in [-0.25, -0.2) is 14.4 Å². The van der Waals surface area contributed by atoms with Gasteiger partial charge in [-0.1, -0.05) is 24.4 Å². The lowest BCUT2D eigenvalue weighted by Gasteiger charge is -2.18. The number of benzene rings is 1. The summed E-state index contributed by atoms with van der Waals surface area (Å²) in [5, 5.41) is 15.8. The van der Waals surface area contributed by atoms with Gasteiger partial charge in [-0.05, 0) is 49.9 Å². The molecule has 1 saturated carbocycles. The molecular formula is C24H25ClFN5O2. The van der Waals surface area contributed by atoms with E-state index in [2.05, 4.69) is 25.6 Å². The van der Waals surface area contributed by atoms with Crippen LogP contribution in [0.2, 0.25) is 5.02 Å².